The molecule has 0 aliphatic rings. The zero-order valence-corrected chi connectivity index (χ0v) is 9.13. The van der Waals surface area contributed by atoms with E-state index in [1.807, 2.05) is 0 Å². The van der Waals surface area contributed by atoms with Crippen molar-refractivity contribution in [3.63, 3.8) is 0 Å². The Labute approximate surface area is 94.8 Å². The molecule has 0 bridgehead atoms. The molecule has 1 aromatic carbocycles. The summed E-state index contributed by atoms with van der Waals surface area (Å²) in [6.07, 6.45) is 0. The van der Waals surface area contributed by atoms with Crippen LogP contribution in [0.3, 0.4) is 0 Å². The van der Waals surface area contributed by atoms with E-state index in [9.17, 15) is 8.78 Å². The Bertz CT molecular complexity index is 232. The first-order valence-corrected chi connectivity index (χ1v) is 2.60. The van der Waals surface area contributed by atoms with Gasteiger partial charge in [0.25, 0.3) is 0 Å². The summed E-state index contributed by atoms with van der Waals surface area (Å²) in [4.78, 5) is 0. The van der Waals surface area contributed by atoms with Gasteiger partial charge in [0.05, 0.1) is 5.82 Å². The fourth-order valence-corrected chi connectivity index (χ4v) is 0.573. The van der Waals surface area contributed by atoms with E-state index in [2.05, 4.69) is 6.07 Å². The van der Waals surface area contributed by atoms with Crippen LogP contribution in [0.5, 0.6) is 0 Å². The molecule has 11 heavy (non-hydrogen) atoms. The van der Waals surface area contributed by atoms with Gasteiger partial charge in [-0.05, 0) is 0 Å². The minimum atomic E-state index is -0.946. The molecule has 0 unspecified atom stereocenters. The summed E-state index contributed by atoms with van der Waals surface area (Å²) in [6.45, 7) is 0. The van der Waals surface area contributed by atoms with E-state index in [1.54, 1.807) is 0 Å². The molecule has 0 saturated heterocycles. The largest absolute Gasteiger partial charge is 2.00 e. The number of hydrogen-bond donors (Lipinski definition) is 0. The van der Waals surface area contributed by atoms with Crippen LogP contribution in [0.2, 0.25) is 5.02 Å². The zero-order valence-electron chi connectivity index (χ0n) is 5.37. The van der Waals surface area contributed by atoms with E-state index in [-0.39, 0.29) is 45.1 Å². The van der Waals surface area contributed by atoms with Crippen molar-refractivity contribution >= 4 is 34.7 Å². The first-order valence-electron chi connectivity index (χ1n) is 2.22. The Hall–Kier alpha value is 0.616. The van der Waals surface area contributed by atoms with Crippen molar-refractivity contribution in [2.45, 2.75) is 0 Å². The Morgan fingerprint density at radius 2 is 1.82 bits per heavy atom. The van der Waals surface area contributed by atoms with Crippen molar-refractivity contribution in [2.75, 3.05) is 0 Å². The third-order valence-electron chi connectivity index (χ3n) is 0.818. The van der Waals surface area contributed by atoms with Crippen LogP contribution in [-0.2, 0) is 0 Å². The normalized spacial score (nSPS) is 7.91. The second kappa shape index (κ2) is 6.17. The van der Waals surface area contributed by atoms with Gasteiger partial charge in [-0.25, -0.2) is 4.39 Å². The molecule has 0 spiro atoms. The summed E-state index contributed by atoms with van der Waals surface area (Å²) in [5.74, 6) is -1.88. The molecule has 0 heterocycles. The standard InChI is InChI=1S/C6H2ClF2.BrH.Mg/c7-4-1-2-5(8)6(9)3-4;;/h2-3H;1H;/q-1;;+2/p-1. The summed E-state index contributed by atoms with van der Waals surface area (Å²) in [6, 6.07) is 4.02. The topological polar surface area (TPSA) is 0 Å². The van der Waals surface area contributed by atoms with Crippen molar-refractivity contribution in [1.82, 2.24) is 0 Å². The molecule has 0 radical (unpaired) electrons. The number of benzene rings is 1. The minimum Gasteiger partial charge on any atom is -1.00 e. The van der Waals surface area contributed by atoms with Gasteiger partial charge in [0.15, 0.2) is 0 Å². The Morgan fingerprint density at radius 3 is 2.18 bits per heavy atom. The van der Waals surface area contributed by atoms with Crippen molar-refractivity contribution in [1.29, 1.82) is 0 Å². The molecule has 0 amide bonds. The monoisotopic (exact) mass is 250 g/mol. The van der Waals surface area contributed by atoms with E-state index in [0.717, 1.165) is 12.1 Å². The van der Waals surface area contributed by atoms with Crippen molar-refractivity contribution in [2.24, 2.45) is 0 Å². The summed E-state index contributed by atoms with van der Waals surface area (Å²) in [5, 5.41) is 0.0777. The van der Waals surface area contributed by atoms with Gasteiger partial charge in [-0.3, -0.25) is 4.39 Å². The Morgan fingerprint density at radius 1 is 1.27 bits per heavy atom. The minimum absolute atomic E-state index is 0. The molecular weight excluding hydrogens is 250 g/mol. The van der Waals surface area contributed by atoms with Gasteiger partial charge >= 0.3 is 23.1 Å². The molecule has 1 aromatic rings. The molecule has 0 N–H and O–H groups in total. The van der Waals surface area contributed by atoms with Gasteiger partial charge in [-0.15, -0.1) is 23.7 Å². The van der Waals surface area contributed by atoms with E-state index in [4.69, 9.17) is 11.6 Å². The van der Waals surface area contributed by atoms with Gasteiger partial charge in [0, 0.05) is 5.82 Å². The third-order valence-corrected chi connectivity index (χ3v) is 1.04. The van der Waals surface area contributed by atoms with E-state index < -0.39 is 11.6 Å². The SMILES string of the molecule is Fc1c[c-]c(Cl)cc1F.[Br-].[Mg+2]. The Kier molecular flexibility index (Phi) is 7.94. The summed E-state index contributed by atoms with van der Waals surface area (Å²) in [5.41, 5.74) is 0. The maximum Gasteiger partial charge on any atom is 2.00 e. The first-order chi connectivity index (χ1) is 4.20. The predicted octanol–water partition coefficient (Wildman–Crippen LogP) is -0.958. The zero-order chi connectivity index (χ0) is 6.85. The smallest absolute Gasteiger partial charge is 1.00 e. The molecule has 0 saturated carbocycles. The Balaban J connectivity index is 0. The van der Waals surface area contributed by atoms with Gasteiger partial charge < -0.3 is 17.0 Å². The molecular formula is C6H2BrClF2Mg. The van der Waals surface area contributed by atoms with Crippen LogP contribution >= 0.6 is 11.6 Å². The molecule has 0 aliphatic heterocycles. The number of halogens is 4. The average Bonchev–Trinajstić information content (AvgIpc) is 1.80. The van der Waals surface area contributed by atoms with Gasteiger partial charge in [-0.2, -0.15) is 6.07 Å². The van der Waals surface area contributed by atoms with Crippen molar-refractivity contribution in [3.05, 3.63) is 34.9 Å². The van der Waals surface area contributed by atoms with Gasteiger partial charge in [0.1, 0.15) is 0 Å². The third kappa shape index (κ3) is 4.25. The van der Waals surface area contributed by atoms with E-state index in [0.29, 0.717) is 0 Å². The second-order valence-electron chi connectivity index (χ2n) is 1.48. The number of hydrogen-bond acceptors (Lipinski definition) is 0. The predicted molar refractivity (Wildman–Crippen MR) is 36.0 cm³/mol. The molecule has 56 valence electrons. The quantitative estimate of drug-likeness (QED) is 0.317. The maximum atomic E-state index is 12.1. The van der Waals surface area contributed by atoms with Gasteiger partial charge in [-0.1, -0.05) is 5.02 Å². The summed E-state index contributed by atoms with van der Waals surface area (Å²) in [7, 11) is 0. The van der Waals surface area contributed by atoms with Crippen molar-refractivity contribution in [3.8, 4) is 0 Å². The fourth-order valence-electron chi connectivity index (χ4n) is 0.423. The fraction of sp³-hybridized carbons (Fsp3) is 0. The van der Waals surface area contributed by atoms with E-state index >= 15 is 0 Å². The van der Waals surface area contributed by atoms with Crippen LogP contribution in [0.25, 0.3) is 0 Å². The molecule has 0 fully saturated rings. The van der Waals surface area contributed by atoms with Crippen LogP contribution in [0.4, 0.5) is 8.78 Å². The van der Waals surface area contributed by atoms with E-state index in [1.165, 1.54) is 0 Å². The number of rotatable bonds is 0. The van der Waals surface area contributed by atoms with Gasteiger partial charge in [0.2, 0.25) is 0 Å². The summed E-state index contributed by atoms with van der Waals surface area (Å²) >= 11 is 5.25. The second-order valence-corrected chi connectivity index (χ2v) is 1.88. The molecule has 1 rings (SSSR count). The van der Waals surface area contributed by atoms with Crippen LogP contribution < -0.4 is 17.0 Å². The van der Waals surface area contributed by atoms with Crippen LogP contribution in [0, 0.1) is 17.7 Å². The van der Waals surface area contributed by atoms with Crippen LogP contribution in [0.15, 0.2) is 12.1 Å². The first kappa shape index (κ1) is 14.2. The molecule has 5 heteroatoms. The van der Waals surface area contributed by atoms with Crippen LogP contribution in [0.1, 0.15) is 0 Å². The molecule has 0 atom stereocenters. The maximum absolute atomic E-state index is 12.1. The molecule has 0 nitrogen and oxygen atoms in total. The van der Waals surface area contributed by atoms with Crippen LogP contribution in [-0.4, -0.2) is 23.1 Å². The summed E-state index contributed by atoms with van der Waals surface area (Å²) < 4.78 is 24.1. The molecule has 0 aliphatic carbocycles. The van der Waals surface area contributed by atoms with Crippen molar-refractivity contribution < 1.29 is 25.8 Å². The average molecular weight is 252 g/mol. The molecule has 0 aromatic heterocycles.